The SMILES string of the molecule is CC(C)(C)C1CC(CSCCSCC2CC(C(C)(C)C)CC(c3ccccc3)C2O)C(O)C(c2ccccc2)C1.[CH2-]c1ccccc1.[CH2-]c1ccccc1.[Hf]. The Morgan fingerprint density at radius 3 is 1.04 bits per heavy atom. The zero-order chi connectivity index (χ0) is 39.1. The average molecular weight is 944 g/mol. The van der Waals surface area contributed by atoms with E-state index in [0.717, 1.165) is 59.8 Å². The van der Waals surface area contributed by atoms with Crippen LogP contribution in [-0.4, -0.2) is 45.4 Å². The van der Waals surface area contributed by atoms with Crippen LogP contribution in [0.4, 0.5) is 0 Å². The molecule has 8 unspecified atom stereocenters. The normalized spacial score (nSPS) is 25.2. The molecule has 298 valence electrons. The van der Waals surface area contributed by atoms with Crippen molar-refractivity contribution in [2.45, 2.75) is 91.3 Å². The zero-order valence-corrected chi connectivity index (χ0v) is 39.7. The van der Waals surface area contributed by atoms with Crippen LogP contribution in [0.15, 0.2) is 121 Å². The number of hydrogen-bond donors (Lipinski definition) is 2. The minimum absolute atomic E-state index is 0. The Morgan fingerprint density at radius 1 is 0.491 bits per heavy atom. The summed E-state index contributed by atoms with van der Waals surface area (Å²) >= 11 is 4.04. The van der Waals surface area contributed by atoms with Gasteiger partial charge in [-0.2, -0.15) is 72.8 Å². The predicted molar refractivity (Wildman–Crippen MR) is 238 cm³/mol. The molecular formula is C50H68HfO2S2-2. The molecule has 0 radical (unpaired) electrons. The fourth-order valence-corrected chi connectivity index (χ4v) is 10.7. The Labute approximate surface area is 363 Å². The van der Waals surface area contributed by atoms with Gasteiger partial charge in [0.15, 0.2) is 0 Å². The fourth-order valence-electron chi connectivity index (χ4n) is 8.11. The van der Waals surface area contributed by atoms with E-state index in [0.29, 0.717) is 23.7 Å². The van der Waals surface area contributed by atoms with Crippen LogP contribution in [0.25, 0.3) is 0 Å². The second-order valence-corrected chi connectivity index (χ2v) is 20.0. The number of aliphatic hydroxyl groups excluding tert-OH is 2. The molecule has 6 rings (SSSR count). The topological polar surface area (TPSA) is 40.5 Å². The maximum atomic E-state index is 11.4. The van der Waals surface area contributed by atoms with Crippen molar-refractivity contribution < 1.29 is 36.1 Å². The van der Waals surface area contributed by atoms with Crippen molar-refractivity contribution in [2.75, 3.05) is 23.0 Å². The van der Waals surface area contributed by atoms with Crippen LogP contribution in [0.3, 0.4) is 0 Å². The molecule has 0 saturated heterocycles. The molecule has 4 aromatic carbocycles. The second-order valence-electron chi connectivity index (χ2n) is 17.7. The Kier molecular flexibility index (Phi) is 20.3. The molecule has 0 heterocycles. The van der Waals surface area contributed by atoms with Crippen LogP contribution in [0, 0.1) is 48.3 Å². The third-order valence-corrected chi connectivity index (χ3v) is 14.2. The summed E-state index contributed by atoms with van der Waals surface area (Å²) < 4.78 is 0. The van der Waals surface area contributed by atoms with Gasteiger partial charge in [-0.05, 0) is 82.8 Å². The van der Waals surface area contributed by atoms with Crippen molar-refractivity contribution in [3.63, 3.8) is 0 Å². The van der Waals surface area contributed by atoms with Gasteiger partial charge in [-0.15, -0.1) is 24.3 Å². The summed E-state index contributed by atoms with van der Waals surface area (Å²) in [5.74, 6) is 6.70. The van der Waals surface area contributed by atoms with Crippen molar-refractivity contribution in [3.05, 3.63) is 157 Å². The first-order valence-corrected chi connectivity index (χ1v) is 22.4. The Morgan fingerprint density at radius 2 is 0.782 bits per heavy atom. The Hall–Kier alpha value is -1.89. The number of benzene rings is 4. The van der Waals surface area contributed by atoms with Gasteiger partial charge in [-0.25, -0.2) is 0 Å². The third-order valence-electron chi connectivity index (χ3n) is 11.7. The molecule has 4 aromatic rings. The van der Waals surface area contributed by atoms with E-state index >= 15 is 0 Å². The smallest absolute Gasteiger partial charge is 0.0644 e. The molecule has 2 aliphatic carbocycles. The zero-order valence-electron chi connectivity index (χ0n) is 34.4. The Bertz CT molecular complexity index is 1450. The summed E-state index contributed by atoms with van der Waals surface area (Å²) in [6, 6.07) is 41.1. The summed E-state index contributed by atoms with van der Waals surface area (Å²) in [5.41, 5.74) is 5.25. The molecule has 8 atom stereocenters. The molecule has 2 saturated carbocycles. The van der Waals surface area contributed by atoms with Crippen molar-refractivity contribution >= 4 is 23.5 Å². The van der Waals surface area contributed by atoms with E-state index in [1.54, 1.807) is 0 Å². The van der Waals surface area contributed by atoms with E-state index in [-0.39, 0.29) is 60.7 Å². The summed E-state index contributed by atoms with van der Waals surface area (Å²) in [6.07, 6.45) is 3.88. The number of hydrogen-bond acceptors (Lipinski definition) is 4. The molecule has 2 aliphatic rings. The van der Waals surface area contributed by atoms with Crippen molar-refractivity contribution in [1.82, 2.24) is 0 Å². The van der Waals surface area contributed by atoms with Crippen LogP contribution in [0.5, 0.6) is 0 Å². The first-order valence-electron chi connectivity index (χ1n) is 20.1. The molecule has 0 aromatic heterocycles. The van der Waals surface area contributed by atoms with E-state index < -0.39 is 0 Å². The second kappa shape index (κ2) is 23.5. The van der Waals surface area contributed by atoms with Crippen molar-refractivity contribution in [1.29, 1.82) is 0 Å². The minimum atomic E-state index is -0.261. The third kappa shape index (κ3) is 15.8. The van der Waals surface area contributed by atoms with Crippen LogP contribution >= 0.6 is 23.5 Å². The van der Waals surface area contributed by atoms with Gasteiger partial charge in [0.2, 0.25) is 0 Å². The molecule has 0 bridgehead atoms. The largest absolute Gasteiger partial charge is 0.392 e. The van der Waals surface area contributed by atoms with Crippen molar-refractivity contribution in [3.8, 4) is 0 Å². The molecule has 2 fully saturated rings. The first-order chi connectivity index (χ1) is 25.7. The van der Waals surface area contributed by atoms with Gasteiger partial charge >= 0.3 is 0 Å². The van der Waals surface area contributed by atoms with Gasteiger partial charge in [0, 0.05) is 49.2 Å². The van der Waals surface area contributed by atoms with Gasteiger partial charge in [0.05, 0.1) is 12.2 Å². The fraction of sp³-hybridized carbons (Fsp3) is 0.480. The predicted octanol–water partition coefficient (Wildman–Crippen LogP) is 12.6. The standard InChI is InChI=1S/C36H54O2S2.2C7H7.Hf/c1-35(2,3)29-19-27(33(37)31(21-29)25-13-9-7-10-14-25)23-39-17-18-40-24-28-20-30(36(4,5)6)22-32(34(28)38)26-15-11-8-12-16-26;2*1-7-5-3-2-4-6-7;/h7-16,27-34,37-38H,17-24H2,1-6H3;2*2-6H,1H2;/q;2*-1;. The molecular weight excluding hydrogens is 875 g/mol. The van der Waals surface area contributed by atoms with Gasteiger partial charge in [-0.1, -0.05) is 114 Å². The average Bonchev–Trinajstić information content (AvgIpc) is 3.15. The molecule has 0 spiro atoms. The summed E-state index contributed by atoms with van der Waals surface area (Å²) in [7, 11) is 0. The van der Waals surface area contributed by atoms with Gasteiger partial charge < -0.3 is 10.2 Å². The maximum Gasteiger partial charge on any atom is 0.0644 e. The molecule has 2 N–H and O–H groups in total. The quantitative estimate of drug-likeness (QED) is 0.0997. The monoisotopic (exact) mass is 944 g/mol. The summed E-state index contributed by atoms with van der Waals surface area (Å²) in [5, 5.41) is 22.9. The summed E-state index contributed by atoms with van der Waals surface area (Å²) in [4.78, 5) is 0. The van der Waals surface area contributed by atoms with E-state index in [9.17, 15) is 10.2 Å². The van der Waals surface area contributed by atoms with E-state index in [4.69, 9.17) is 0 Å². The number of rotatable bonds is 9. The summed E-state index contributed by atoms with van der Waals surface area (Å²) in [6.45, 7) is 21.6. The molecule has 55 heavy (non-hydrogen) atoms. The molecule has 2 nitrogen and oxygen atoms in total. The Balaban J connectivity index is 0.000000450. The van der Waals surface area contributed by atoms with Crippen LogP contribution in [0.1, 0.15) is 101 Å². The van der Waals surface area contributed by atoms with E-state index in [1.807, 2.05) is 84.2 Å². The van der Waals surface area contributed by atoms with Gasteiger partial charge in [0.1, 0.15) is 0 Å². The molecule has 0 amide bonds. The van der Waals surface area contributed by atoms with Gasteiger partial charge in [0.25, 0.3) is 0 Å². The van der Waals surface area contributed by atoms with E-state index in [1.165, 1.54) is 11.1 Å². The molecule has 0 aliphatic heterocycles. The van der Waals surface area contributed by atoms with E-state index in [2.05, 4.69) is 116 Å². The van der Waals surface area contributed by atoms with Crippen molar-refractivity contribution in [2.24, 2.45) is 34.5 Å². The van der Waals surface area contributed by atoms with Crippen LogP contribution in [-0.2, 0) is 25.8 Å². The number of aliphatic hydroxyl groups is 2. The first kappa shape index (κ1) is 47.5. The molecule has 5 heteroatoms. The number of thioether (sulfide) groups is 2. The minimum Gasteiger partial charge on any atom is -0.392 e. The van der Waals surface area contributed by atoms with Gasteiger partial charge in [-0.3, -0.25) is 0 Å². The maximum absolute atomic E-state index is 11.4. The van der Waals surface area contributed by atoms with Crippen LogP contribution in [0.2, 0.25) is 0 Å². The van der Waals surface area contributed by atoms with Crippen LogP contribution < -0.4 is 0 Å².